The molecule has 0 radical (unpaired) electrons. The van der Waals surface area contributed by atoms with Gasteiger partial charge in [0.05, 0.1) is 19.5 Å². The number of ether oxygens (including phenoxy) is 2. The quantitative estimate of drug-likeness (QED) is 0.501. The number of hydrogen-bond acceptors (Lipinski definition) is 7. The van der Waals surface area contributed by atoms with Crippen LogP contribution in [0, 0.1) is 0 Å². The molecule has 8 nitrogen and oxygen atoms in total. The van der Waals surface area contributed by atoms with Gasteiger partial charge in [0, 0.05) is 11.6 Å². The van der Waals surface area contributed by atoms with Gasteiger partial charge in [0.1, 0.15) is 5.76 Å². The van der Waals surface area contributed by atoms with E-state index in [0.29, 0.717) is 41.7 Å². The second-order valence-electron chi connectivity index (χ2n) is 6.16. The van der Waals surface area contributed by atoms with Crippen LogP contribution in [0.25, 0.3) is 17.3 Å². The van der Waals surface area contributed by atoms with Gasteiger partial charge in [0.25, 0.3) is 0 Å². The summed E-state index contributed by atoms with van der Waals surface area (Å²) < 4.78 is 21.6. The SMILES string of the molecule is CCCOc1ccc(-c2nonc2NC(=O)C=Cc2ccco2)cc1OCCC. The number of hydrogen-bond donors (Lipinski definition) is 1. The largest absolute Gasteiger partial charge is 0.490 e. The first-order chi connectivity index (χ1) is 14.2. The predicted molar refractivity (Wildman–Crippen MR) is 108 cm³/mol. The standard InChI is InChI=1S/C21H23N3O5/c1-3-11-27-17-9-7-15(14-18(17)28-12-4-2)20-21(24-29-23-20)22-19(25)10-8-16-6-5-13-26-16/h5-10,13-14H,3-4,11-12H2,1-2H3,(H,22,24,25). The Labute approximate surface area is 168 Å². The van der Waals surface area contributed by atoms with Crippen LogP contribution >= 0.6 is 0 Å². The fraction of sp³-hybridized carbons (Fsp3) is 0.286. The number of carbonyl (C=O) groups excluding carboxylic acids is 1. The van der Waals surface area contributed by atoms with Crippen LogP contribution in [0.3, 0.4) is 0 Å². The minimum atomic E-state index is -0.385. The average molecular weight is 397 g/mol. The lowest BCUT2D eigenvalue weighted by atomic mass is 10.1. The van der Waals surface area contributed by atoms with E-state index in [1.54, 1.807) is 24.3 Å². The molecule has 0 aliphatic carbocycles. The molecule has 29 heavy (non-hydrogen) atoms. The average Bonchev–Trinajstić information content (AvgIpc) is 3.41. The highest BCUT2D eigenvalue weighted by Crippen LogP contribution is 2.34. The molecule has 1 amide bonds. The number of nitrogens with one attached hydrogen (secondary N) is 1. The van der Waals surface area contributed by atoms with E-state index in [1.807, 2.05) is 26.0 Å². The van der Waals surface area contributed by atoms with Gasteiger partial charge in [0.2, 0.25) is 11.7 Å². The molecule has 0 aliphatic rings. The third-order valence-electron chi connectivity index (χ3n) is 3.81. The Hall–Kier alpha value is -3.55. The van der Waals surface area contributed by atoms with E-state index in [4.69, 9.17) is 18.5 Å². The highest BCUT2D eigenvalue weighted by molar-refractivity contribution is 6.02. The fourth-order valence-electron chi connectivity index (χ4n) is 2.47. The smallest absolute Gasteiger partial charge is 0.249 e. The second kappa shape index (κ2) is 10.1. The number of amides is 1. The number of carbonyl (C=O) groups is 1. The van der Waals surface area contributed by atoms with Crippen LogP contribution in [0.15, 0.2) is 51.7 Å². The summed E-state index contributed by atoms with van der Waals surface area (Å²) in [6.07, 6.45) is 6.19. The highest BCUT2D eigenvalue weighted by atomic mass is 16.6. The van der Waals surface area contributed by atoms with Crippen molar-refractivity contribution in [3.05, 3.63) is 48.4 Å². The molecule has 152 valence electrons. The summed E-state index contributed by atoms with van der Waals surface area (Å²) in [5.41, 5.74) is 1.08. The summed E-state index contributed by atoms with van der Waals surface area (Å²) in [4.78, 5) is 12.2. The maximum Gasteiger partial charge on any atom is 0.249 e. The summed E-state index contributed by atoms with van der Waals surface area (Å²) in [7, 11) is 0. The number of nitrogens with zero attached hydrogens (tertiary/aromatic N) is 2. The molecular weight excluding hydrogens is 374 g/mol. The third-order valence-corrected chi connectivity index (χ3v) is 3.81. The molecule has 0 saturated carbocycles. The molecule has 8 heteroatoms. The topological polar surface area (TPSA) is 99.6 Å². The van der Waals surface area contributed by atoms with Crippen LogP contribution in [0.2, 0.25) is 0 Å². The van der Waals surface area contributed by atoms with Crippen LogP contribution < -0.4 is 14.8 Å². The van der Waals surface area contributed by atoms with Crippen molar-refractivity contribution in [3.8, 4) is 22.8 Å². The monoisotopic (exact) mass is 397 g/mol. The van der Waals surface area contributed by atoms with Crippen LogP contribution in [0.4, 0.5) is 5.82 Å². The molecule has 0 atom stereocenters. The van der Waals surface area contributed by atoms with Crippen molar-refractivity contribution in [3.63, 3.8) is 0 Å². The molecule has 0 aliphatic heterocycles. The van der Waals surface area contributed by atoms with Gasteiger partial charge in [0.15, 0.2) is 17.2 Å². The normalized spacial score (nSPS) is 11.0. The van der Waals surface area contributed by atoms with E-state index in [1.165, 1.54) is 12.3 Å². The van der Waals surface area contributed by atoms with Crippen LogP contribution in [-0.2, 0) is 4.79 Å². The Balaban J connectivity index is 1.78. The van der Waals surface area contributed by atoms with Crippen molar-refractivity contribution in [2.24, 2.45) is 0 Å². The zero-order valence-corrected chi connectivity index (χ0v) is 16.4. The maximum absolute atomic E-state index is 12.2. The van der Waals surface area contributed by atoms with Gasteiger partial charge in [-0.2, -0.15) is 0 Å². The third kappa shape index (κ3) is 5.47. The van der Waals surface area contributed by atoms with Gasteiger partial charge in [-0.3, -0.25) is 4.79 Å². The first-order valence-electron chi connectivity index (χ1n) is 9.46. The highest BCUT2D eigenvalue weighted by Gasteiger charge is 2.17. The first kappa shape index (κ1) is 20.2. The molecular formula is C21H23N3O5. The number of benzene rings is 1. The molecule has 0 bridgehead atoms. The molecule has 2 heterocycles. The Bertz CT molecular complexity index is 947. The number of rotatable bonds is 10. The first-order valence-corrected chi connectivity index (χ1v) is 9.46. The molecule has 0 fully saturated rings. The predicted octanol–water partition coefficient (Wildman–Crippen LogP) is 4.56. The summed E-state index contributed by atoms with van der Waals surface area (Å²) in [5.74, 6) is 1.66. The second-order valence-corrected chi connectivity index (χ2v) is 6.16. The zero-order valence-electron chi connectivity index (χ0n) is 16.4. The number of anilines is 1. The van der Waals surface area contributed by atoms with E-state index in [-0.39, 0.29) is 11.7 Å². The van der Waals surface area contributed by atoms with Crippen molar-refractivity contribution in [1.82, 2.24) is 10.3 Å². The van der Waals surface area contributed by atoms with Crippen LogP contribution in [0.5, 0.6) is 11.5 Å². The Morgan fingerprint density at radius 2 is 1.90 bits per heavy atom. The number of furan rings is 1. The lowest BCUT2D eigenvalue weighted by molar-refractivity contribution is -0.111. The molecule has 3 aromatic rings. The van der Waals surface area contributed by atoms with Crippen molar-refractivity contribution in [2.75, 3.05) is 18.5 Å². The van der Waals surface area contributed by atoms with E-state index < -0.39 is 0 Å². The van der Waals surface area contributed by atoms with Crippen molar-refractivity contribution >= 4 is 17.8 Å². The summed E-state index contributed by atoms with van der Waals surface area (Å²) in [6.45, 7) is 5.22. The van der Waals surface area contributed by atoms with Crippen molar-refractivity contribution in [1.29, 1.82) is 0 Å². The van der Waals surface area contributed by atoms with Gasteiger partial charge in [-0.05, 0) is 59.6 Å². The van der Waals surface area contributed by atoms with Crippen LogP contribution in [-0.4, -0.2) is 29.4 Å². The van der Waals surface area contributed by atoms with Gasteiger partial charge in [-0.1, -0.05) is 13.8 Å². The Morgan fingerprint density at radius 3 is 2.62 bits per heavy atom. The van der Waals surface area contributed by atoms with Crippen molar-refractivity contribution < 1.29 is 23.3 Å². The van der Waals surface area contributed by atoms with Gasteiger partial charge >= 0.3 is 0 Å². The summed E-state index contributed by atoms with van der Waals surface area (Å²) in [5, 5.41) is 10.4. The molecule has 1 N–H and O–H groups in total. The minimum absolute atomic E-state index is 0.211. The van der Waals surface area contributed by atoms with Gasteiger partial charge in [-0.15, -0.1) is 0 Å². The van der Waals surface area contributed by atoms with Gasteiger partial charge < -0.3 is 19.2 Å². The van der Waals surface area contributed by atoms with Crippen molar-refractivity contribution in [2.45, 2.75) is 26.7 Å². The molecule has 0 unspecified atom stereocenters. The number of aromatic nitrogens is 2. The zero-order chi connectivity index (χ0) is 20.5. The summed E-state index contributed by atoms with van der Waals surface area (Å²) in [6, 6.07) is 8.91. The molecule has 3 rings (SSSR count). The van der Waals surface area contributed by atoms with E-state index >= 15 is 0 Å². The molecule has 1 aromatic carbocycles. The Morgan fingerprint density at radius 1 is 1.10 bits per heavy atom. The van der Waals surface area contributed by atoms with E-state index in [2.05, 4.69) is 15.6 Å². The Kier molecular flexibility index (Phi) is 7.05. The molecule has 0 saturated heterocycles. The van der Waals surface area contributed by atoms with E-state index in [0.717, 1.165) is 12.8 Å². The van der Waals surface area contributed by atoms with E-state index in [9.17, 15) is 4.79 Å². The molecule has 0 spiro atoms. The minimum Gasteiger partial charge on any atom is -0.490 e. The lowest BCUT2D eigenvalue weighted by Gasteiger charge is -2.13. The van der Waals surface area contributed by atoms with Gasteiger partial charge in [-0.25, -0.2) is 4.63 Å². The summed E-state index contributed by atoms with van der Waals surface area (Å²) >= 11 is 0. The maximum atomic E-state index is 12.2. The molecule has 2 aromatic heterocycles. The van der Waals surface area contributed by atoms with Crippen LogP contribution in [0.1, 0.15) is 32.4 Å². The fourth-order valence-corrected chi connectivity index (χ4v) is 2.47. The lowest BCUT2D eigenvalue weighted by Crippen LogP contribution is -2.09.